The first kappa shape index (κ1) is 24.9. The SMILES string of the molecule is CO[C@H]1C[C@H]2C(C)(C)[C@@H](OC(C)=O)CC[C@]2(C)C(CC[C@H](C)CCOC(C)=O)=C1C. The van der Waals surface area contributed by atoms with Gasteiger partial charge >= 0.3 is 11.9 Å². The summed E-state index contributed by atoms with van der Waals surface area (Å²) in [4.78, 5) is 22.7. The van der Waals surface area contributed by atoms with Gasteiger partial charge in [0.25, 0.3) is 0 Å². The lowest BCUT2D eigenvalue weighted by Crippen LogP contribution is -2.55. The third-order valence-corrected chi connectivity index (χ3v) is 7.92. The molecule has 0 unspecified atom stereocenters. The van der Waals surface area contributed by atoms with Crippen LogP contribution in [0.15, 0.2) is 11.1 Å². The van der Waals surface area contributed by atoms with Crippen LogP contribution in [-0.4, -0.2) is 37.9 Å². The molecule has 5 nitrogen and oxygen atoms in total. The van der Waals surface area contributed by atoms with Gasteiger partial charge in [-0.15, -0.1) is 0 Å². The van der Waals surface area contributed by atoms with E-state index < -0.39 is 0 Å². The largest absolute Gasteiger partial charge is 0.466 e. The molecule has 5 atom stereocenters. The van der Waals surface area contributed by atoms with Gasteiger partial charge in [0, 0.05) is 26.4 Å². The van der Waals surface area contributed by atoms with Gasteiger partial charge in [0.1, 0.15) is 6.10 Å². The number of rotatable bonds is 8. The van der Waals surface area contributed by atoms with Crippen molar-refractivity contribution < 1.29 is 23.8 Å². The number of esters is 2. The molecule has 0 amide bonds. The molecule has 0 heterocycles. The first-order chi connectivity index (χ1) is 13.9. The highest BCUT2D eigenvalue weighted by molar-refractivity contribution is 5.66. The maximum absolute atomic E-state index is 11.7. The van der Waals surface area contributed by atoms with Crippen molar-refractivity contribution in [2.24, 2.45) is 22.7 Å². The zero-order chi connectivity index (χ0) is 22.7. The molecule has 0 N–H and O–H groups in total. The molecule has 0 aromatic carbocycles. The maximum atomic E-state index is 11.7. The van der Waals surface area contributed by atoms with Crippen LogP contribution < -0.4 is 0 Å². The van der Waals surface area contributed by atoms with Crippen LogP contribution in [0, 0.1) is 22.7 Å². The molecule has 0 spiro atoms. The Labute approximate surface area is 182 Å². The van der Waals surface area contributed by atoms with Crippen LogP contribution in [-0.2, 0) is 23.8 Å². The molecule has 30 heavy (non-hydrogen) atoms. The molecule has 0 aromatic heterocycles. The summed E-state index contributed by atoms with van der Waals surface area (Å²) in [6.45, 7) is 14.9. The Morgan fingerprint density at radius 1 is 1.13 bits per heavy atom. The van der Waals surface area contributed by atoms with Crippen LogP contribution >= 0.6 is 0 Å². The van der Waals surface area contributed by atoms with Crippen molar-refractivity contribution in [1.29, 1.82) is 0 Å². The first-order valence-electron chi connectivity index (χ1n) is 11.5. The maximum Gasteiger partial charge on any atom is 0.302 e. The van der Waals surface area contributed by atoms with Gasteiger partial charge in [-0.25, -0.2) is 0 Å². The van der Waals surface area contributed by atoms with Crippen LogP contribution in [0.5, 0.6) is 0 Å². The van der Waals surface area contributed by atoms with Crippen molar-refractivity contribution in [3.05, 3.63) is 11.1 Å². The molecule has 172 valence electrons. The van der Waals surface area contributed by atoms with Crippen LogP contribution in [0.25, 0.3) is 0 Å². The van der Waals surface area contributed by atoms with Gasteiger partial charge < -0.3 is 14.2 Å². The number of fused-ring (bicyclic) bond motifs is 1. The van der Waals surface area contributed by atoms with E-state index in [9.17, 15) is 9.59 Å². The van der Waals surface area contributed by atoms with Gasteiger partial charge in [-0.3, -0.25) is 9.59 Å². The van der Waals surface area contributed by atoms with E-state index in [0.29, 0.717) is 18.4 Å². The Morgan fingerprint density at radius 2 is 1.80 bits per heavy atom. The molecule has 5 heteroatoms. The van der Waals surface area contributed by atoms with E-state index in [2.05, 4.69) is 34.6 Å². The molecule has 2 aliphatic carbocycles. The third-order valence-electron chi connectivity index (χ3n) is 7.92. The molecule has 1 saturated carbocycles. The van der Waals surface area contributed by atoms with Gasteiger partial charge in [0.05, 0.1) is 12.7 Å². The first-order valence-corrected chi connectivity index (χ1v) is 11.5. The average Bonchev–Trinajstić information content (AvgIpc) is 2.63. The number of ether oxygens (including phenoxy) is 3. The van der Waals surface area contributed by atoms with Gasteiger partial charge in [0.15, 0.2) is 0 Å². The average molecular weight is 423 g/mol. The highest BCUT2D eigenvalue weighted by Gasteiger charge is 2.56. The van der Waals surface area contributed by atoms with Crippen molar-refractivity contribution in [1.82, 2.24) is 0 Å². The van der Waals surface area contributed by atoms with Crippen molar-refractivity contribution in [3.8, 4) is 0 Å². The Bertz CT molecular complexity index is 664. The fraction of sp³-hybridized carbons (Fsp3) is 0.840. The molecule has 1 fully saturated rings. The van der Waals surface area contributed by atoms with Crippen LogP contribution in [0.4, 0.5) is 0 Å². The Hall–Kier alpha value is -1.36. The lowest BCUT2D eigenvalue weighted by molar-refractivity contribution is -0.168. The van der Waals surface area contributed by atoms with Gasteiger partial charge in [-0.2, -0.15) is 0 Å². The van der Waals surface area contributed by atoms with E-state index in [1.807, 2.05) is 0 Å². The number of allylic oxidation sites excluding steroid dienone is 1. The van der Waals surface area contributed by atoms with Gasteiger partial charge in [-0.05, 0) is 68.3 Å². The summed E-state index contributed by atoms with van der Waals surface area (Å²) in [5.41, 5.74) is 2.89. The van der Waals surface area contributed by atoms with E-state index in [-0.39, 0.29) is 35.0 Å². The molecular formula is C25H42O5. The minimum absolute atomic E-state index is 0.0482. The summed E-state index contributed by atoms with van der Waals surface area (Å²) in [6.07, 6.45) is 5.96. The van der Waals surface area contributed by atoms with E-state index >= 15 is 0 Å². The summed E-state index contributed by atoms with van der Waals surface area (Å²) < 4.78 is 16.8. The predicted molar refractivity (Wildman–Crippen MR) is 118 cm³/mol. The fourth-order valence-electron chi connectivity index (χ4n) is 6.09. The number of carbonyl (C=O) groups is 2. The van der Waals surface area contributed by atoms with E-state index in [1.54, 1.807) is 7.11 Å². The second-order valence-corrected chi connectivity index (χ2v) is 10.3. The molecule has 0 aromatic rings. The second kappa shape index (κ2) is 9.84. The number of hydrogen-bond acceptors (Lipinski definition) is 5. The zero-order valence-electron chi connectivity index (χ0n) is 20.3. The Balaban J connectivity index is 2.22. The minimum Gasteiger partial charge on any atom is -0.466 e. The molecule has 2 rings (SSSR count). The summed E-state index contributed by atoms with van der Waals surface area (Å²) in [5.74, 6) is 0.477. The van der Waals surface area contributed by atoms with Crippen molar-refractivity contribution in [2.75, 3.05) is 13.7 Å². The summed E-state index contributed by atoms with van der Waals surface area (Å²) in [6, 6.07) is 0. The monoisotopic (exact) mass is 422 g/mol. The molecule has 0 aliphatic heterocycles. The van der Waals surface area contributed by atoms with E-state index in [0.717, 1.165) is 38.5 Å². The minimum atomic E-state index is -0.210. The second-order valence-electron chi connectivity index (χ2n) is 10.3. The summed E-state index contributed by atoms with van der Waals surface area (Å²) >= 11 is 0. The standard InChI is InChI=1S/C25H42O5/c1-16(12-14-29-18(3)26)9-10-20-17(2)21(28-8)15-22-24(5,6)23(30-19(4)27)11-13-25(20,22)7/h16,21-23H,9-15H2,1-8H3/t16-,21-,22-,23-,25+/m0/s1. The Morgan fingerprint density at radius 3 is 2.37 bits per heavy atom. The zero-order valence-corrected chi connectivity index (χ0v) is 20.3. The van der Waals surface area contributed by atoms with E-state index in [4.69, 9.17) is 14.2 Å². The lowest BCUT2D eigenvalue weighted by Gasteiger charge is -2.58. The predicted octanol–water partition coefficient (Wildman–Crippen LogP) is 5.47. The van der Waals surface area contributed by atoms with Crippen molar-refractivity contribution >= 4 is 11.9 Å². The number of methoxy groups -OCH3 is 1. The van der Waals surface area contributed by atoms with Gasteiger partial charge in [-0.1, -0.05) is 33.3 Å². The van der Waals surface area contributed by atoms with Crippen LogP contribution in [0.2, 0.25) is 0 Å². The number of carbonyl (C=O) groups excluding carboxylic acids is 2. The molecule has 0 saturated heterocycles. The van der Waals surface area contributed by atoms with E-state index in [1.165, 1.54) is 25.0 Å². The molecule has 0 radical (unpaired) electrons. The van der Waals surface area contributed by atoms with Crippen molar-refractivity contribution in [2.45, 2.75) is 99.2 Å². The smallest absolute Gasteiger partial charge is 0.302 e. The quantitative estimate of drug-likeness (QED) is 0.384. The Kier molecular flexibility index (Phi) is 8.17. The van der Waals surface area contributed by atoms with Gasteiger partial charge in [0.2, 0.25) is 0 Å². The lowest BCUT2D eigenvalue weighted by atomic mass is 9.48. The topological polar surface area (TPSA) is 61.8 Å². The molecule has 0 bridgehead atoms. The van der Waals surface area contributed by atoms with Crippen LogP contribution in [0.1, 0.15) is 87.0 Å². The highest BCUT2D eigenvalue weighted by atomic mass is 16.5. The summed E-state index contributed by atoms with van der Waals surface area (Å²) in [7, 11) is 1.80. The highest BCUT2D eigenvalue weighted by Crippen LogP contribution is 2.61. The fourth-order valence-corrected chi connectivity index (χ4v) is 6.09. The van der Waals surface area contributed by atoms with Crippen molar-refractivity contribution in [3.63, 3.8) is 0 Å². The molecular weight excluding hydrogens is 380 g/mol. The third kappa shape index (κ3) is 5.27. The number of hydrogen-bond donors (Lipinski definition) is 0. The molecule has 2 aliphatic rings. The van der Waals surface area contributed by atoms with Crippen LogP contribution in [0.3, 0.4) is 0 Å². The normalized spacial score (nSPS) is 31.7. The summed E-state index contributed by atoms with van der Waals surface area (Å²) in [5, 5.41) is 0.